The van der Waals surface area contributed by atoms with Crippen LogP contribution in [0.2, 0.25) is 0 Å². The van der Waals surface area contributed by atoms with Crippen LogP contribution in [-0.4, -0.2) is 47.8 Å². The third-order valence-corrected chi connectivity index (χ3v) is 5.51. The number of carbonyl (C=O) groups is 1. The summed E-state index contributed by atoms with van der Waals surface area (Å²) in [5.74, 6) is -0.310. The number of hydrogen-bond donors (Lipinski definition) is 1. The molecule has 3 rings (SSSR count). The van der Waals surface area contributed by atoms with Gasteiger partial charge in [-0.1, -0.05) is 30.3 Å². The van der Waals surface area contributed by atoms with Crippen LogP contribution >= 0.6 is 0 Å². The predicted molar refractivity (Wildman–Crippen MR) is 84.6 cm³/mol. The highest BCUT2D eigenvalue weighted by molar-refractivity contribution is 5.83. The van der Waals surface area contributed by atoms with Crippen LogP contribution < -0.4 is 0 Å². The SMILES string of the molecule is CN1C2CCC1CC(OC(=O)[C@](C)(CO)c1ccccc1)C2. The molecular formula is C18H25NO3. The van der Waals surface area contributed by atoms with Crippen molar-refractivity contribution < 1.29 is 14.6 Å². The molecule has 2 unspecified atom stereocenters. The summed E-state index contributed by atoms with van der Waals surface area (Å²) < 4.78 is 5.81. The van der Waals surface area contributed by atoms with Crippen molar-refractivity contribution in [2.24, 2.45) is 0 Å². The molecule has 2 saturated heterocycles. The molecule has 1 aromatic carbocycles. The zero-order chi connectivity index (χ0) is 15.7. The minimum Gasteiger partial charge on any atom is -0.462 e. The number of esters is 1. The first-order valence-corrected chi connectivity index (χ1v) is 8.14. The summed E-state index contributed by atoms with van der Waals surface area (Å²) in [4.78, 5) is 15.1. The first kappa shape index (κ1) is 15.5. The number of ether oxygens (including phenoxy) is 1. The molecule has 2 aliphatic heterocycles. The first-order valence-electron chi connectivity index (χ1n) is 8.14. The van der Waals surface area contributed by atoms with Crippen molar-refractivity contribution in [3.8, 4) is 0 Å². The van der Waals surface area contributed by atoms with Gasteiger partial charge in [-0.05, 0) is 45.2 Å². The van der Waals surface area contributed by atoms with Crippen LogP contribution in [0.25, 0.3) is 0 Å². The molecule has 0 aliphatic carbocycles. The lowest BCUT2D eigenvalue weighted by Crippen LogP contribution is -2.46. The van der Waals surface area contributed by atoms with Crippen molar-refractivity contribution in [3.05, 3.63) is 35.9 Å². The van der Waals surface area contributed by atoms with Crippen molar-refractivity contribution in [1.82, 2.24) is 4.90 Å². The van der Waals surface area contributed by atoms with Crippen LogP contribution in [0.15, 0.2) is 30.3 Å². The van der Waals surface area contributed by atoms with Gasteiger partial charge in [-0.3, -0.25) is 4.79 Å². The van der Waals surface area contributed by atoms with E-state index in [2.05, 4.69) is 11.9 Å². The van der Waals surface area contributed by atoms with E-state index in [1.807, 2.05) is 30.3 Å². The van der Waals surface area contributed by atoms with Crippen LogP contribution in [0, 0.1) is 0 Å². The maximum absolute atomic E-state index is 12.7. The average Bonchev–Trinajstić information content (AvgIpc) is 2.76. The highest BCUT2D eigenvalue weighted by atomic mass is 16.5. The van der Waals surface area contributed by atoms with Gasteiger partial charge in [0.25, 0.3) is 0 Å². The third-order valence-electron chi connectivity index (χ3n) is 5.51. The molecule has 120 valence electrons. The molecule has 1 N–H and O–H groups in total. The molecule has 22 heavy (non-hydrogen) atoms. The lowest BCUT2D eigenvalue weighted by atomic mass is 9.83. The summed E-state index contributed by atoms with van der Waals surface area (Å²) in [7, 11) is 2.17. The Labute approximate surface area is 132 Å². The van der Waals surface area contributed by atoms with E-state index in [0.29, 0.717) is 12.1 Å². The van der Waals surface area contributed by atoms with E-state index in [1.54, 1.807) is 6.92 Å². The summed E-state index contributed by atoms with van der Waals surface area (Å²) in [6.07, 6.45) is 4.20. The number of hydrogen-bond acceptors (Lipinski definition) is 4. The van der Waals surface area contributed by atoms with E-state index in [9.17, 15) is 9.90 Å². The smallest absolute Gasteiger partial charge is 0.318 e. The van der Waals surface area contributed by atoms with Crippen LogP contribution in [-0.2, 0) is 14.9 Å². The zero-order valence-electron chi connectivity index (χ0n) is 13.4. The molecular weight excluding hydrogens is 278 g/mol. The highest BCUT2D eigenvalue weighted by Gasteiger charge is 2.43. The molecule has 4 nitrogen and oxygen atoms in total. The van der Waals surface area contributed by atoms with Gasteiger partial charge in [-0.2, -0.15) is 0 Å². The number of rotatable bonds is 4. The Balaban J connectivity index is 1.71. The van der Waals surface area contributed by atoms with E-state index < -0.39 is 5.41 Å². The second-order valence-electron chi connectivity index (χ2n) is 6.91. The molecule has 2 bridgehead atoms. The molecule has 3 atom stereocenters. The maximum Gasteiger partial charge on any atom is 0.318 e. The van der Waals surface area contributed by atoms with Gasteiger partial charge in [-0.15, -0.1) is 0 Å². The Morgan fingerprint density at radius 2 is 1.86 bits per heavy atom. The Morgan fingerprint density at radius 3 is 2.41 bits per heavy atom. The number of aliphatic hydroxyl groups excluding tert-OH is 1. The topological polar surface area (TPSA) is 49.8 Å². The molecule has 2 heterocycles. The Bertz CT molecular complexity index is 518. The van der Waals surface area contributed by atoms with Gasteiger partial charge in [0.05, 0.1) is 6.61 Å². The largest absolute Gasteiger partial charge is 0.462 e. The normalized spacial score (nSPS) is 30.8. The number of aliphatic hydroxyl groups is 1. The summed E-state index contributed by atoms with van der Waals surface area (Å²) in [6, 6.07) is 10.5. The molecule has 2 fully saturated rings. The minimum absolute atomic E-state index is 0.0178. The zero-order valence-corrected chi connectivity index (χ0v) is 13.4. The lowest BCUT2D eigenvalue weighted by Gasteiger charge is -2.37. The fraction of sp³-hybridized carbons (Fsp3) is 0.611. The summed E-state index contributed by atoms with van der Waals surface area (Å²) in [5.41, 5.74) is -0.178. The van der Waals surface area contributed by atoms with Gasteiger partial charge < -0.3 is 14.7 Å². The van der Waals surface area contributed by atoms with Crippen LogP contribution in [0.5, 0.6) is 0 Å². The highest BCUT2D eigenvalue weighted by Crippen LogP contribution is 2.36. The summed E-state index contributed by atoms with van der Waals surface area (Å²) in [5, 5.41) is 9.79. The van der Waals surface area contributed by atoms with E-state index in [0.717, 1.165) is 18.4 Å². The molecule has 0 radical (unpaired) electrons. The van der Waals surface area contributed by atoms with Gasteiger partial charge in [0.15, 0.2) is 0 Å². The molecule has 0 saturated carbocycles. The summed E-state index contributed by atoms with van der Waals surface area (Å²) in [6.45, 7) is 1.52. The molecule has 0 amide bonds. The molecule has 0 spiro atoms. The van der Waals surface area contributed by atoms with Crippen LogP contribution in [0.4, 0.5) is 0 Å². The average molecular weight is 303 g/mol. The van der Waals surface area contributed by atoms with Crippen molar-refractivity contribution in [1.29, 1.82) is 0 Å². The number of benzene rings is 1. The first-order chi connectivity index (χ1) is 10.5. The van der Waals surface area contributed by atoms with Crippen molar-refractivity contribution >= 4 is 5.97 Å². The number of fused-ring (bicyclic) bond motifs is 2. The number of carbonyl (C=O) groups excluding carboxylic acids is 1. The van der Waals surface area contributed by atoms with Crippen molar-refractivity contribution in [2.45, 2.75) is 56.2 Å². The van der Waals surface area contributed by atoms with Gasteiger partial charge in [0.1, 0.15) is 11.5 Å². The van der Waals surface area contributed by atoms with Crippen LogP contribution in [0.1, 0.15) is 38.2 Å². The third kappa shape index (κ3) is 2.66. The number of nitrogens with zero attached hydrogens (tertiary/aromatic N) is 1. The molecule has 1 aromatic rings. The summed E-state index contributed by atoms with van der Waals surface area (Å²) >= 11 is 0. The van der Waals surface area contributed by atoms with E-state index >= 15 is 0 Å². The quantitative estimate of drug-likeness (QED) is 0.866. The Hall–Kier alpha value is -1.39. The van der Waals surface area contributed by atoms with Gasteiger partial charge in [0.2, 0.25) is 0 Å². The predicted octanol–water partition coefficient (Wildman–Crippen LogP) is 2.10. The fourth-order valence-corrected chi connectivity index (χ4v) is 3.82. The monoisotopic (exact) mass is 303 g/mol. The fourth-order valence-electron chi connectivity index (χ4n) is 3.82. The standard InChI is InChI=1S/C18H25NO3/c1-18(12-20,13-6-4-3-5-7-13)17(21)22-16-10-14-8-9-15(11-16)19(14)2/h3-7,14-16,20H,8-12H2,1-2H3/t14?,15?,16?,18-/m1/s1. The molecule has 4 heteroatoms. The minimum atomic E-state index is -0.982. The molecule has 0 aromatic heterocycles. The Kier molecular flexibility index (Phi) is 4.24. The Morgan fingerprint density at radius 1 is 1.27 bits per heavy atom. The van der Waals surface area contributed by atoms with Gasteiger partial charge >= 0.3 is 5.97 Å². The molecule has 2 aliphatic rings. The van der Waals surface area contributed by atoms with E-state index in [1.165, 1.54) is 12.8 Å². The van der Waals surface area contributed by atoms with Crippen LogP contribution in [0.3, 0.4) is 0 Å². The van der Waals surface area contributed by atoms with E-state index in [-0.39, 0.29) is 18.7 Å². The van der Waals surface area contributed by atoms with Gasteiger partial charge in [0, 0.05) is 12.1 Å². The van der Waals surface area contributed by atoms with Crippen molar-refractivity contribution in [3.63, 3.8) is 0 Å². The van der Waals surface area contributed by atoms with Crippen molar-refractivity contribution in [2.75, 3.05) is 13.7 Å². The lowest BCUT2D eigenvalue weighted by molar-refractivity contribution is -0.160. The van der Waals surface area contributed by atoms with E-state index in [4.69, 9.17) is 4.74 Å². The second kappa shape index (κ2) is 6.01. The number of piperidine rings is 1. The second-order valence-corrected chi connectivity index (χ2v) is 6.91. The maximum atomic E-state index is 12.7. The van der Waals surface area contributed by atoms with Gasteiger partial charge in [-0.25, -0.2) is 0 Å².